The summed E-state index contributed by atoms with van der Waals surface area (Å²) in [4.78, 5) is 0. The molecule has 0 aromatic carbocycles. The Kier molecular flexibility index (Phi) is 7.82. The average molecular weight is 243 g/mol. The SMILES string of the molecule is CCCC(OC)C(CCC1CCCO1)NCC. The fraction of sp³-hybridized carbons (Fsp3) is 1.00. The van der Waals surface area contributed by atoms with E-state index in [1.807, 2.05) is 7.11 Å². The van der Waals surface area contributed by atoms with Gasteiger partial charge in [0.25, 0.3) is 0 Å². The molecule has 102 valence electrons. The van der Waals surface area contributed by atoms with Crippen molar-refractivity contribution in [2.75, 3.05) is 20.3 Å². The van der Waals surface area contributed by atoms with E-state index in [4.69, 9.17) is 9.47 Å². The van der Waals surface area contributed by atoms with E-state index in [1.54, 1.807) is 0 Å². The first-order valence-electron chi connectivity index (χ1n) is 7.19. The lowest BCUT2D eigenvalue weighted by Crippen LogP contribution is -2.41. The molecule has 1 saturated heterocycles. The van der Waals surface area contributed by atoms with Crippen LogP contribution in [0.2, 0.25) is 0 Å². The van der Waals surface area contributed by atoms with E-state index in [-0.39, 0.29) is 0 Å². The second kappa shape index (κ2) is 8.90. The summed E-state index contributed by atoms with van der Waals surface area (Å²) in [5.41, 5.74) is 0. The highest BCUT2D eigenvalue weighted by molar-refractivity contribution is 4.78. The summed E-state index contributed by atoms with van der Waals surface area (Å²) < 4.78 is 11.3. The van der Waals surface area contributed by atoms with Crippen molar-refractivity contribution >= 4 is 0 Å². The summed E-state index contributed by atoms with van der Waals surface area (Å²) >= 11 is 0. The Morgan fingerprint density at radius 3 is 2.71 bits per heavy atom. The third kappa shape index (κ3) is 5.36. The van der Waals surface area contributed by atoms with Crippen LogP contribution < -0.4 is 5.32 Å². The van der Waals surface area contributed by atoms with Crippen molar-refractivity contribution in [1.29, 1.82) is 0 Å². The maximum Gasteiger partial charge on any atom is 0.0724 e. The Labute approximate surface area is 106 Å². The number of hydrogen-bond donors (Lipinski definition) is 1. The van der Waals surface area contributed by atoms with Crippen molar-refractivity contribution in [3.8, 4) is 0 Å². The molecule has 1 N–H and O–H groups in total. The van der Waals surface area contributed by atoms with Crippen LogP contribution in [0.3, 0.4) is 0 Å². The fourth-order valence-electron chi connectivity index (χ4n) is 2.69. The molecular formula is C14H29NO2. The third-order valence-corrected chi connectivity index (χ3v) is 3.61. The molecule has 3 atom stereocenters. The molecule has 1 fully saturated rings. The Morgan fingerprint density at radius 2 is 2.18 bits per heavy atom. The molecule has 3 unspecified atom stereocenters. The molecular weight excluding hydrogens is 214 g/mol. The molecule has 1 aliphatic heterocycles. The number of likely N-dealkylation sites (N-methyl/N-ethyl adjacent to an activating group) is 1. The van der Waals surface area contributed by atoms with Gasteiger partial charge < -0.3 is 14.8 Å². The standard InChI is InChI=1S/C14H29NO2/c1-4-7-14(16-3)13(15-5-2)10-9-12-8-6-11-17-12/h12-15H,4-11H2,1-3H3. The lowest BCUT2D eigenvalue weighted by molar-refractivity contribution is 0.0473. The third-order valence-electron chi connectivity index (χ3n) is 3.61. The quantitative estimate of drug-likeness (QED) is 0.675. The maximum atomic E-state index is 5.69. The second-order valence-electron chi connectivity index (χ2n) is 4.94. The van der Waals surface area contributed by atoms with Gasteiger partial charge in [-0.2, -0.15) is 0 Å². The van der Waals surface area contributed by atoms with Crippen molar-refractivity contribution in [1.82, 2.24) is 5.32 Å². The number of nitrogens with one attached hydrogen (secondary N) is 1. The van der Waals surface area contributed by atoms with E-state index in [2.05, 4.69) is 19.2 Å². The van der Waals surface area contributed by atoms with Gasteiger partial charge in [0.15, 0.2) is 0 Å². The average Bonchev–Trinajstić information content (AvgIpc) is 2.85. The van der Waals surface area contributed by atoms with Gasteiger partial charge in [-0.3, -0.25) is 0 Å². The minimum atomic E-state index is 0.348. The first-order valence-corrected chi connectivity index (χ1v) is 7.19. The van der Waals surface area contributed by atoms with Crippen LogP contribution in [0.5, 0.6) is 0 Å². The minimum Gasteiger partial charge on any atom is -0.380 e. The molecule has 0 aliphatic carbocycles. The lowest BCUT2D eigenvalue weighted by atomic mass is 9.98. The smallest absolute Gasteiger partial charge is 0.0724 e. The molecule has 1 rings (SSSR count). The van der Waals surface area contributed by atoms with Crippen LogP contribution in [0.25, 0.3) is 0 Å². The van der Waals surface area contributed by atoms with E-state index >= 15 is 0 Å². The van der Waals surface area contributed by atoms with Gasteiger partial charge in [0.05, 0.1) is 12.2 Å². The lowest BCUT2D eigenvalue weighted by Gasteiger charge is -2.27. The Bertz CT molecular complexity index is 181. The van der Waals surface area contributed by atoms with E-state index in [0.29, 0.717) is 18.2 Å². The van der Waals surface area contributed by atoms with Gasteiger partial charge in [-0.15, -0.1) is 0 Å². The van der Waals surface area contributed by atoms with Crippen LogP contribution in [0.4, 0.5) is 0 Å². The van der Waals surface area contributed by atoms with Crippen LogP contribution in [0.15, 0.2) is 0 Å². The number of rotatable bonds is 9. The van der Waals surface area contributed by atoms with Crippen LogP contribution in [-0.4, -0.2) is 38.5 Å². The van der Waals surface area contributed by atoms with Gasteiger partial charge in [-0.05, 0) is 38.6 Å². The van der Waals surface area contributed by atoms with Gasteiger partial charge in [0, 0.05) is 19.8 Å². The topological polar surface area (TPSA) is 30.5 Å². The van der Waals surface area contributed by atoms with E-state index in [0.717, 1.165) is 26.0 Å². The predicted octanol–water partition coefficient (Wildman–Crippen LogP) is 2.74. The summed E-state index contributed by atoms with van der Waals surface area (Å²) in [7, 11) is 1.83. The zero-order chi connectivity index (χ0) is 12.5. The van der Waals surface area contributed by atoms with Crippen molar-refractivity contribution in [2.45, 2.75) is 70.6 Å². The molecule has 1 aliphatic rings. The summed E-state index contributed by atoms with van der Waals surface area (Å²) in [6, 6.07) is 0.481. The number of methoxy groups -OCH3 is 1. The van der Waals surface area contributed by atoms with Crippen LogP contribution in [0.1, 0.15) is 52.4 Å². The van der Waals surface area contributed by atoms with E-state index in [9.17, 15) is 0 Å². The van der Waals surface area contributed by atoms with Crippen molar-refractivity contribution in [3.63, 3.8) is 0 Å². The fourth-order valence-corrected chi connectivity index (χ4v) is 2.69. The summed E-state index contributed by atoms with van der Waals surface area (Å²) in [5.74, 6) is 0. The summed E-state index contributed by atoms with van der Waals surface area (Å²) in [5, 5.41) is 3.56. The number of hydrogen-bond acceptors (Lipinski definition) is 3. The zero-order valence-electron chi connectivity index (χ0n) is 11.7. The van der Waals surface area contributed by atoms with Crippen LogP contribution in [0, 0.1) is 0 Å². The normalized spacial score (nSPS) is 23.8. The van der Waals surface area contributed by atoms with Gasteiger partial charge in [-0.25, -0.2) is 0 Å². The molecule has 0 radical (unpaired) electrons. The molecule has 0 aromatic rings. The van der Waals surface area contributed by atoms with Crippen molar-refractivity contribution < 1.29 is 9.47 Å². The summed E-state index contributed by atoms with van der Waals surface area (Å²) in [6.45, 7) is 6.35. The first-order chi connectivity index (χ1) is 8.31. The Balaban J connectivity index is 2.34. The van der Waals surface area contributed by atoms with Gasteiger partial charge in [0.2, 0.25) is 0 Å². The largest absolute Gasteiger partial charge is 0.380 e. The van der Waals surface area contributed by atoms with Gasteiger partial charge in [0.1, 0.15) is 0 Å². The second-order valence-corrected chi connectivity index (χ2v) is 4.94. The monoisotopic (exact) mass is 243 g/mol. The van der Waals surface area contributed by atoms with E-state index in [1.165, 1.54) is 25.7 Å². The molecule has 3 nitrogen and oxygen atoms in total. The molecule has 0 spiro atoms. The van der Waals surface area contributed by atoms with Crippen molar-refractivity contribution in [3.05, 3.63) is 0 Å². The van der Waals surface area contributed by atoms with Crippen LogP contribution in [-0.2, 0) is 9.47 Å². The van der Waals surface area contributed by atoms with Gasteiger partial charge >= 0.3 is 0 Å². The number of ether oxygens (including phenoxy) is 2. The molecule has 0 saturated carbocycles. The van der Waals surface area contributed by atoms with Crippen LogP contribution >= 0.6 is 0 Å². The Hall–Kier alpha value is -0.120. The molecule has 0 amide bonds. The highest BCUT2D eigenvalue weighted by atomic mass is 16.5. The predicted molar refractivity (Wildman–Crippen MR) is 71.4 cm³/mol. The summed E-state index contributed by atoms with van der Waals surface area (Å²) in [6.07, 6.45) is 7.97. The maximum absolute atomic E-state index is 5.69. The molecule has 17 heavy (non-hydrogen) atoms. The first kappa shape index (κ1) is 14.9. The molecule has 1 heterocycles. The van der Waals surface area contributed by atoms with E-state index < -0.39 is 0 Å². The molecule has 3 heteroatoms. The highest BCUT2D eigenvalue weighted by Gasteiger charge is 2.22. The molecule has 0 bridgehead atoms. The highest BCUT2D eigenvalue weighted by Crippen LogP contribution is 2.20. The zero-order valence-corrected chi connectivity index (χ0v) is 11.7. The van der Waals surface area contributed by atoms with Crippen molar-refractivity contribution in [2.24, 2.45) is 0 Å². The molecule has 0 aromatic heterocycles. The minimum absolute atomic E-state index is 0.348. The van der Waals surface area contributed by atoms with Gasteiger partial charge in [-0.1, -0.05) is 20.3 Å². The Morgan fingerprint density at radius 1 is 1.35 bits per heavy atom.